The number of ether oxygens (including phenoxy) is 2. The number of hydrogen-bond donors (Lipinski definition) is 2. The number of likely N-dealkylation sites (tertiary alicyclic amines) is 1. The van der Waals surface area contributed by atoms with Crippen LogP contribution in [0.4, 0.5) is 9.80 Å². The van der Waals surface area contributed by atoms with E-state index in [1.54, 1.807) is 6.26 Å². The minimum absolute atomic E-state index is 0.107. The summed E-state index contributed by atoms with van der Waals surface area (Å²) in [5.74, 6) is -0.495. The number of benzene rings is 1. The van der Waals surface area contributed by atoms with Crippen LogP contribution in [0.2, 0.25) is 0 Å². The molecule has 10 heteroatoms. The molecule has 3 heterocycles. The third-order valence-electron chi connectivity index (χ3n) is 5.56. The van der Waals surface area contributed by atoms with Gasteiger partial charge in [0.05, 0.1) is 13.4 Å². The molecule has 176 valence electrons. The van der Waals surface area contributed by atoms with Gasteiger partial charge in [0.1, 0.15) is 17.2 Å². The van der Waals surface area contributed by atoms with Crippen molar-refractivity contribution < 1.29 is 23.5 Å². The van der Waals surface area contributed by atoms with E-state index in [2.05, 4.69) is 19.9 Å². The maximum absolute atomic E-state index is 12.3. The molecule has 4 rings (SSSR count). The van der Waals surface area contributed by atoms with Gasteiger partial charge in [-0.25, -0.2) is 9.59 Å². The van der Waals surface area contributed by atoms with Crippen molar-refractivity contribution in [3.8, 4) is 5.88 Å². The van der Waals surface area contributed by atoms with Crippen molar-refractivity contribution in [2.24, 2.45) is 0 Å². The quantitative estimate of drug-likeness (QED) is 0.336. The van der Waals surface area contributed by atoms with E-state index in [0.29, 0.717) is 6.54 Å². The van der Waals surface area contributed by atoms with Gasteiger partial charge in [0.2, 0.25) is 5.88 Å². The maximum atomic E-state index is 12.3. The first-order valence-electron chi connectivity index (χ1n) is 11.1. The van der Waals surface area contributed by atoms with E-state index in [9.17, 15) is 9.59 Å². The highest BCUT2D eigenvalue weighted by atomic mass is 32.1. The van der Waals surface area contributed by atoms with Gasteiger partial charge in [-0.3, -0.25) is 5.32 Å². The molecule has 0 aliphatic carbocycles. The van der Waals surface area contributed by atoms with E-state index in [-0.39, 0.29) is 29.1 Å². The predicted octanol–water partition coefficient (Wildman–Crippen LogP) is 4.25. The smallest absolute Gasteiger partial charge is 0.346 e. The van der Waals surface area contributed by atoms with Crippen molar-refractivity contribution in [1.29, 1.82) is 0 Å². The summed E-state index contributed by atoms with van der Waals surface area (Å²) in [5, 5.41) is 6.78. The molecule has 1 aromatic carbocycles. The Morgan fingerprint density at radius 2 is 2.06 bits per heavy atom. The molecule has 1 aliphatic rings. The van der Waals surface area contributed by atoms with Gasteiger partial charge in [0.15, 0.2) is 5.56 Å². The van der Waals surface area contributed by atoms with Gasteiger partial charge in [0, 0.05) is 11.9 Å². The van der Waals surface area contributed by atoms with E-state index in [1.807, 2.05) is 24.3 Å². The van der Waals surface area contributed by atoms with Gasteiger partial charge in [-0.2, -0.15) is 4.37 Å². The highest BCUT2D eigenvalue weighted by molar-refractivity contribution is 7.11. The first-order valence-corrected chi connectivity index (χ1v) is 11.9. The molecule has 0 atom stereocenters. The van der Waals surface area contributed by atoms with Gasteiger partial charge >= 0.3 is 12.0 Å². The molecule has 9 nitrogen and oxygen atoms in total. The number of nitrogens with zero attached hydrogens (tertiary/aromatic N) is 2. The van der Waals surface area contributed by atoms with E-state index in [4.69, 9.17) is 13.9 Å². The Bertz CT molecular complexity index is 1090. The van der Waals surface area contributed by atoms with Crippen molar-refractivity contribution in [2.75, 3.05) is 38.6 Å². The molecule has 1 saturated heterocycles. The zero-order valence-electron chi connectivity index (χ0n) is 18.6. The van der Waals surface area contributed by atoms with Gasteiger partial charge in [0.25, 0.3) is 0 Å². The molecule has 2 amide bonds. The number of nitrogens with one attached hydrogen (secondary N) is 2. The Morgan fingerprint density at radius 1 is 1.21 bits per heavy atom. The number of furan rings is 1. The largest absolute Gasteiger partial charge is 0.472 e. The Balaban J connectivity index is 1.30. The summed E-state index contributed by atoms with van der Waals surface area (Å²) < 4.78 is 20.2. The molecule has 0 unspecified atom stereocenters. The summed E-state index contributed by atoms with van der Waals surface area (Å²) in [6.07, 6.45) is 6.12. The van der Waals surface area contributed by atoms with Crippen LogP contribution in [-0.2, 0) is 11.3 Å². The van der Waals surface area contributed by atoms with E-state index < -0.39 is 5.97 Å². The average molecular weight is 473 g/mol. The molecule has 1 aliphatic heterocycles. The maximum Gasteiger partial charge on any atom is 0.346 e. The van der Waals surface area contributed by atoms with E-state index in [1.165, 1.54) is 33.0 Å². The average Bonchev–Trinajstić information content (AvgIpc) is 3.58. The third kappa shape index (κ3) is 6.02. The molecule has 3 aromatic rings. The topological polar surface area (TPSA) is 106 Å². The standard InChI is InChI=1S/C23H28N4O5S/c1-30-22(28)19-20(32-15-16-6-7-18-17(14-16)8-13-31-18)26-33-21(19)25-23(29)24-9-2-3-10-27-11-4-5-12-27/h6-8,13-14H,2-5,9-12,15H2,1H3,(H2,24,25,29). The molecular weight excluding hydrogens is 444 g/mol. The highest BCUT2D eigenvalue weighted by Gasteiger charge is 2.24. The summed E-state index contributed by atoms with van der Waals surface area (Å²) >= 11 is 0.978. The van der Waals surface area contributed by atoms with Crippen molar-refractivity contribution in [3.63, 3.8) is 0 Å². The summed E-state index contributed by atoms with van der Waals surface area (Å²) in [7, 11) is 1.28. The normalized spacial score (nSPS) is 13.8. The fourth-order valence-corrected chi connectivity index (χ4v) is 4.53. The second-order valence-corrected chi connectivity index (χ2v) is 8.68. The second kappa shape index (κ2) is 11.2. The monoisotopic (exact) mass is 472 g/mol. The Kier molecular flexibility index (Phi) is 7.79. The highest BCUT2D eigenvalue weighted by Crippen LogP contribution is 2.32. The van der Waals surface area contributed by atoms with E-state index in [0.717, 1.165) is 47.5 Å². The Morgan fingerprint density at radius 3 is 2.88 bits per heavy atom. The van der Waals surface area contributed by atoms with Crippen LogP contribution in [0.15, 0.2) is 34.9 Å². The van der Waals surface area contributed by atoms with Crippen molar-refractivity contribution in [1.82, 2.24) is 14.6 Å². The van der Waals surface area contributed by atoms with Crippen molar-refractivity contribution >= 4 is 39.5 Å². The van der Waals surface area contributed by atoms with Crippen LogP contribution in [0.25, 0.3) is 11.0 Å². The number of rotatable bonds is 10. The predicted molar refractivity (Wildman–Crippen MR) is 126 cm³/mol. The molecule has 33 heavy (non-hydrogen) atoms. The molecule has 1 fully saturated rings. The molecule has 0 saturated carbocycles. The van der Waals surface area contributed by atoms with Crippen molar-refractivity contribution in [2.45, 2.75) is 32.3 Å². The molecule has 0 spiro atoms. The number of carbonyl (C=O) groups is 2. The zero-order valence-corrected chi connectivity index (χ0v) is 19.4. The summed E-state index contributed by atoms with van der Waals surface area (Å²) in [4.78, 5) is 27.1. The summed E-state index contributed by atoms with van der Waals surface area (Å²) in [6, 6.07) is 7.17. The number of hydrogen-bond acceptors (Lipinski definition) is 8. The second-order valence-electron chi connectivity index (χ2n) is 7.90. The lowest BCUT2D eigenvalue weighted by molar-refractivity contribution is 0.0596. The lowest BCUT2D eigenvalue weighted by Crippen LogP contribution is -2.30. The number of anilines is 1. The van der Waals surface area contributed by atoms with E-state index >= 15 is 0 Å². The fraction of sp³-hybridized carbons (Fsp3) is 0.435. The van der Waals surface area contributed by atoms with Crippen LogP contribution in [-0.4, -0.2) is 54.6 Å². The van der Waals surface area contributed by atoms with Crippen LogP contribution in [0.5, 0.6) is 5.88 Å². The van der Waals surface area contributed by atoms with Crippen LogP contribution in [0, 0.1) is 0 Å². The number of aromatic nitrogens is 1. The Hall–Kier alpha value is -3.11. The van der Waals surface area contributed by atoms with Crippen LogP contribution >= 0.6 is 11.5 Å². The first kappa shape index (κ1) is 23.1. The number of fused-ring (bicyclic) bond motifs is 1. The number of methoxy groups -OCH3 is 1. The van der Waals surface area contributed by atoms with Crippen LogP contribution < -0.4 is 15.4 Å². The number of unbranched alkanes of at least 4 members (excludes halogenated alkanes) is 1. The lowest BCUT2D eigenvalue weighted by Gasteiger charge is -2.14. The van der Waals surface area contributed by atoms with Crippen LogP contribution in [0.3, 0.4) is 0 Å². The zero-order chi connectivity index (χ0) is 23.0. The summed E-state index contributed by atoms with van der Waals surface area (Å²) in [6.45, 7) is 4.19. The number of esters is 1. The Labute approximate surface area is 196 Å². The fourth-order valence-electron chi connectivity index (χ4n) is 3.81. The number of urea groups is 1. The third-order valence-corrected chi connectivity index (χ3v) is 6.30. The molecule has 0 bridgehead atoms. The molecule has 0 radical (unpaired) electrons. The summed E-state index contributed by atoms with van der Waals surface area (Å²) in [5.41, 5.74) is 1.79. The molecular formula is C23H28N4O5S. The van der Waals surface area contributed by atoms with Crippen LogP contribution in [0.1, 0.15) is 41.6 Å². The minimum Gasteiger partial charge on any atom is -0.472 e. The molecule has 2 N–H and O–H groups in total. The van der Waals surface area contributed by atoms with Crippen molar-refractivity contribution in [3.05, 3.63) is 41.7 Å². The van der Waals surface area contributed by atoms with Gasteiger partial charge in [-0.1, -0.05) is 6.07 Å². The van der Waals surface area contributed by atoms with Gasteiger partial charge < -0.3 is 24.1 Å². The van der Waals surface area contributed by atoms with Gasteiger partial charge in [-0.05, 0) is 80.6 Å². The number of carbonyl (C=O) groups excluding carboxylic acids is 2. The minimum atomic E-state index is -0.620. The SMILES string of the molecule is COC(=O)c1c(OCc2ccc3occc3c2)nsc1NC(=O)NCCCCN1CCCC1. The first-order chi connectivity index (χ1) is 16.1. The van der Waals surface area contributed by atoms with Gasteiger partial charge in [-0.15, -0.1) is 0 Å². The molecule has 2 aromatic heterocycles. The number of amides is 2. The lowest BCUT2D eigenvalue weighted by atomic mass is 10.2.